The molecular weight excluding hydrogens is 336 g/mol. The van der Waals surface area contributed by atoms with Gasteiger partial charge in [-0.15, -0.1) is 0 Å². The molecule has 2 aromatic rings. The fourth-order valence-electron chi connectivity index (χ4n) is 2.01. The van der Waals surface area contributed by atoms with Crippen LogP contribution in [0, 0.1) is 17.0 Å². The van der Waals surface area contributed by atoms with E-state index in [0.29, 0.717) is 11.3 Å². The maximum Gasteiger partial charge on any atom is 0.314 e. The summed E-state index contributed by atoms with van der Waals surface area (Å²) in [4.78, 5) is 10.7. The van der Waals surface area contributed by atoms with Crippen LogP contribution < -0.4 is 10.1 Å². The Kier molecular flexibility index (Phi) is 4.93. The van der Waals surface area contributed by atoms with Crippen molar-refractivity contribution in [3.8, 4) is 11.5 Å². The Labute approximate surface area is 131 Å². The summed E-state index contributed by atoms with van der Waals surface area (Å²) in [7, 11) is 1.87. The van der Waals surface area contributed by atoms with Gasteiger partial charge in [-0.3, -0.25) is 10.1 Å². The third-order valence-electron chi connectivity index (χ3n) is 2.98. The average Bonchev–Trinajstić information content (AvgIpc) is 2.42. The van der Waals surface area contributed by atoms with Gasteiger partial charge in [0.25, 0.3) is 0 Å². The number of ether oxygens (including phenoxy) is 1. The highest BCUT2D eigenvalue weighted by atomic mass is 79.9. The van der Waals surface area contributed by atoms with Gasteiger partial charge in [0.2, 0.25) is 5.75 Å². The zero-order valence-electron chi connectivity index (χ0n) is 11.7. The van der Waals surface area contributed by atoms with Crippen LogP contribution in [0.4, 0.5) is 5.69 Å². The van der Waals surface area contributed by atoms with Crippen LogP contribution in [-0.4, -0.2) is 12.0 Å². The maximum absolute atomic E-state index is 11.2. The lowest BCUT2D eigenvalue weighted by Crippen LogP contribution is -2.04. The Bertz CT molecular complexity index is 674. The lowest BCUT2D eigenvalue weighted by molar-refractivity contribution is -0.386. The van der Waals surface area contributed by atoms with Gasteiger partial charge in [0.15, 0.2) is 0 Å². The molecule has 0 atom stereocenters. The summed E-state index contributed by atoms with van der Waals surface area (Å²) >= 11 is 3.43. The molecule has 0 aliphatic carbocycles. The second-order valence-corrected chi connectivity index (χ2v) is 5.43. The van der Waals surface area contributed by atoms with Gasteiger partial charge in [-0.25, -0.2) is 0 Å². The molecule has 5 nitrogen and oxygen atoms in total. The number of hydrogen-bond donors (Lipinski definition) is 1. The van der Waals surface area contributed by atoms with Gasteiger partial charge in [-0.05, 0) is 53.7 Å². The second-order valence-electron chi connectivity index (χ2n) is 4.58. The zero-order valence-corrected chi connectivity index (χ0v) is 13.3. The van der Waals surface area contributed by atoms with Crippen molar-refractivity contribution in [1.29, 1.82) is 0 Å². The van der Waals surface area contributed by atoms with Gasteiger partial charge < -0.3 is 10.1 Å². The number of benzene rings is 2. The van der Waals surface area contributed by atoms with E-state index in [9.17, 15) is 10.1 Å². The molecule has 0 spiro atoms. The minimum absolute atomic E-state index is 0.0105. The molecule has 2 aromatic carbocycles. The highest BCUT2D eigenvalue weighted by Gasteiger charge is 2.19. The number of para-hydroxylation sites is 1. The van der Waals surface area contributed by atoms with E-state index in [2.05, 4.69) is 21.2 Å². The first-order chi connectivity index (χ1) is 10.0. The quantitative estimate of drug-likeness (QED) is 0.648. The molecule has 0 aliphatic rings. The molecule has 0 fully saturated rings. The predicted octanol–water partition coefficient (Wildman–Crippen LogP) is 4.18. The molecule has 110 valence electrons. The van der Waals surface area contributed by atoms with Crippen molar-refractivity contribution in [2.24, 2.45) is 0 Å². The topological polar surface area (TPSA) is 64.4 Å². The third-order valence-corrected chi connectivity index (χ3v) is 3.60. The molecule has 0 saturated carbocycles. The molecule has 0 radical (unpaired) electrons. The Morgan fingerprint density at radius 2 is 2.05 bits per heavy atom. The molecular formula is C15H15BrN2O3. The van der Waals surface area contributed by atoms with Crippen LogP contribution in [0.1, 0.15) is 11.1 Å². The number of nitrogens with zero attached hydrogens (tertiary/aromatic N) is 1. The van der Waals surface area contributed by atoms with E-state index in [1.807, 2.05) is 19.2 Å². The highest BCUT2D eigenvalue weighted by molar-refractivity contribution is 9.10. The molecule has 0 amide bonds. The summed E-state index contributed by atoms with van der Waals surface area (Å²) < 4.78 is 6.46. The minimum Gasteiger partial charge on any atom is -0.449 e. The minimum atomic E-state index is -0.423. The number of nitro groups is 1. The van der Waals surface area contributed by atoms with Crippen LogP contribution in [0.5, 0.6) is 11.5 Å². The predicted molar refractivity (Wildman–Crippen MR) is 84.8 cm³/mol. The van der Waals surface area contributed by atoms with Gasteiger partial charge in [0.05, 0.1) is 9.40 Å². The summed E-state index contributed by atoms with van der Waals surface area (Å²) in [5.41, 5.74) is 1.65. The smallest absolute Gasteiger partial charge is 0.314 e. The van der Waals surface area contributed by atoms with Crippen molar-refractivity contribution in [3.05, 3.63) is 62.1 Å². The van der Waals surface area contributed by atoms with Crippen molar-refractivity contribution in [1.82, 2.24) is 5.32 Å². The van der Waals surface area contributed by atoms with Crippen LogP contribution >= 0.6 is 15.9 Å². The monoisotopic (exact) mass is 350 g/mol. The first-order valence-corrected chi connectivity index (χ1v) is 7.17. The van der Waals surface area contributed by atoms with Crippen molar-refractivity contribution in [3.63, 3.8) is 0 Å². The van der Waals surface area contributed by atoms with Crippen LogP contribution in [0.15, 0.2) is 40.9 Å². The summed E-state index contributed by atoms with van der Waals surface area (Å²) in [5.74, 6) is 0.783. The zero-order chi connectivity index (χ0) is 15.4. The standard InChI is InChI=1S/C15H15BrN2O3/c1-10-4-3-5-14(15(10)18(19)20)21-13-7-6-11(9-17-2)8-12(13)16/h3-8,17H,9H2,1-2H3. The van der Waals surface area contributed by atoms with Crippen molar-refractivity contribution in [2.75, 3.05) is 7.05 Å². The molecule has 2 rings (SSSR count). The lowest BCUT2D eigenvalue weighted by atomic mass is 10.2. The number of halogens is 1. The van der Waals surface area contributed by atoms with Crippen LogP contribution in [0.2, 0.25) is 0 Å². The molecule has 1 N–H and O–H groups in total. The molecule has 0 aromatic heterocycles. The summed E-state index contributed by atoms with van der Waals surface area (Å²) in [6, 6.07) is 10.7. The fourth-order valence-corrected chi connectivity index (χ4v) is 2.52. The number of nitro benzene ring substituents is 1. The van der Waals surface area contributed by atoms with Crippen LogP contribution in [0.3, 0.4) is 0 Å². The molecule has 0 heterocycles. The Morgan fingerprint density at radius 1 is 1.29 bits per heavy atom. The third kappa shape index (κ3) is 3.59. The lowest BCUT2D eigenvalue weighted by Gasteiger charge is -2.10. The summed E-state index contributed by atoms with van der Waals surface area (Å²) in [6.07, 6.45) is 0. The first kappa shape index (κ1) is 15.5. The molecule has 21 heavy (non-hydrogen) atoms. The van der Waals surface area contributed by atoms with E-state index in [0.717, 1.165) is 16.6 Å². The van der Waals surface area contributed by atoms with E-state index in [1.54, 1.807) is 31.2 Å². The van der Waals surface area contributed by atoms with Gasteiger partial charge in [0, 0.05) is 12.1 Å². The van der Waals surface area contributed by atoms with Gasteiger partial charge in [0.1, 0.15) is 5.75 Å². The van der Waals surface area contributed by atoms with E-state index < -0.39 is 4.92 Å². The normalized spacial score (nSPS) is 10.4. The Morgan fingerprint density at radius 3 is 2.67 bits per heavy atom. The van der Waals surface area contributed by atoms with Gasteiger partial charge >= 0.3 is 5.69 Å². The van der Waals surface area contributed by atoms with E-state index in [-0.39, 0.29) is 11.4 Å². The van der Waals surface area contributed by atoms with Crippen molar-refractivity contribution >= 4 is 21.6 Å². The summed E-state index contributed by atoms with van der Waals surface area (Å²) in [6.45, 7) is 2.43. The molecule has 0 unspecified atom stereocenters. The number of hydrogen-bond acceptors (Lipinski definition) is 4. The maximum atomic E-state index is 11.2. The molecule has 0 bridgehead atoms. The van der Waals surface area contributed by atoms with Crippen molar-refractivity contribution in [2.45, 2.75) is 13.5 Å². The van der Waals surface area contributed by atoms with Gasteiger partial charge in [-0.2, -0.15) is 0 Å². The SMILES string of the molecule is CNCc1ccc(Oc2cccc(C)c2[N+](=O)[O-])c(Br)c1. The van der Waals surface area contributed by atoms with Crippen LogP contribution in [0.25, 0.3) is 0 Å². The summed E-state index contributed by atoms with van der Waals surface area (Å²) in [5, 5.41) is 14.2. The van der Waals surface area contributed by atoms with E-state index >= 15 is 0 Å². The molecule has 0 saturated heterocycles. The first-order valence-electron chi connectivity index (χ1n) is 6.38. The van der Waals surface area contributed by atoms with E-state index in [4.69, 9.17) is 4.74 Å². The number of aryl methyl sites for hydroxylation is 1. The van der Waals surface area contributed by atoms with Crippen LogP contribution in [-0.2, 0) is 6.54 Å². The molecule has 6 heteroatoms. The second kappa shape index (κ2) is 6.69. The largest absolute Gasteiger partial charge is 0.449 e. The molecule has 0 aliphatic heterocycles. The van der Waals surface area contributed by atoms with E-state index in [1.165, 1.54) is 0 Å². The van der Waals surface area contributed by atoms with Gasteiger partial charge in [-0.1, -0.05) is 18.2 Å². The number of rotatable bonds is 5. The Balaban J connectivity index is 2.35. The fraction of sp³-hybridized carbons (Fsp3) is 0.200. The Hall–Kier alpha value is -1.92. The average molecular weight is 351 g/mol. The highest BCUT2D eigenvalue weighted by Crippen LogP contribution is 2.37. The van der Waals surface area contributed by atoms with Crippen molar-refractivity contribution < 1.29 is 9.66 Å². The number of nitrogens with one attached hydrogen (secondary N) is 1.